The van der Waals surface area contributed by atoms with E-state index in [1.165, 1.54) is 19.2 Å². The molecule has 164 valence electrons. The van der Waals surface area contributed by atoms with E-state index in [-0.39, 0.29) is 23.5 Å². The zero-order valence-corrected chi connectivity index (χ0v) is 17.6. The van der Waals surface area contributed by atoms with Crippen LogP contribution in [0.5, 0.6) is 11.5 Å². The van der Waals surface area contributed by atoms with Crippen molar-refractivity contribution < 1.29 is 23.5 Å². The molecule has 0 aromatic heterocycles. The lowest BCUT2D eigenvalue weighted by Crippen LogP contribution is -2.41. The first-order chi connectivity index (χ1) is 15.0. The van der Waals surface area contributed by atoms with Crippen LogP contribution in [0.1, 0.15) is 46.4 Å². The number of nitrogens with zero attached hydrogens (tertiary/aromatic N) is 1. The van der Waals surface area contributed by atoms with Crippen LogP contribution in [0.4, 0.5) is 4.39 Å². The van der Waals surface area contributed by atoms with Crippen LogP contribution < -0.4 is 14.8 Å². The van der Waals surface area contributed by atoms with E-state index in [1.807, 2.05) is 0 Å². The Bertz CT molecular complexity index is 943. The summed E-state index contributed by atoms with van der Waals surface area (Å²) >= 11 is 0. The summed E-state index contributed by atoms with van der Waals surface area (Å²) in [5.74, 6) is 0.238. The van der Waals surface area contributed by atoms with Crippen molar-refractivity contribution in [3.63, 3.8) is 0 Å². The minimum absolute atomic E-state index is 0.0505. The highest BCUT2D eigenvalue weighted by Crippen LogP contribution is 2.24. The molecule has 2 aromatic rings. The third kappa shape index (κ3) is 5.34. The van der Waals surface area contributed by atoms with Crippen molar-refractivity contribution >= 4 is 11.8 Å². The number of amides is 2. The van der Waals surface area contributed by atoms with Gasteiger partial charge in [0.1, 0.15) is 5.75 Å². The molecule has 2 aliphatic rings. The Labute approximate surface area is 181 Å². The number of nitrogens with one attached hydrogen (secondary N) is 1. The molecule has 1 atom stereocenters. The van der Waals surface area contributed by atoms with Gasteiger partial charge in [0.15, 0.2) is 11.6 Å². The number of hydrogen-bond donors (Lipinski definition) is 1. The van der Waals surface area contributed by atoms with Crippen molar-refractivity contribution in [3.05, 3.63) is 59.4 Å². The molecular weight excluding hydrogens is 399 g/mol. The first-order valence-electron chi connectivity index (χ1n) is 10.7. The summed E-state index contributed by atoms with van der Waals surface area (Å²) in [6, 6.07) is 11.7. The van der Waals surface area contributed by atoms with Gasteiger partial charge in [0, 0.05) is 36.2 Å². The van der Waals surface area contributed by atoms with Gasteiger partial charge in [0.25, 0.3) is 11.8 Å². The van der Waals surface area contributed by atoms with E-state index < -0.39 is 5.82 Å². The molecular formula is C24H27FN2O4. The normalized spacial score (nSPS) is 18.4. The smallest absolute Gasteiger partial charge is 0.253 e. The second-order valence-corrected chi connectivity index (χ2v) is 8.19. The van der Waals surface area contributed by atoms with Crippen LogP contribution in [0.3, 0.4) is 0 Å². The standard InChI is InChI=1S/C24H27FN2O4/c1-30-22-11-6-18(13-21(22)25)24(29)27-12-2-3-16(14-27)15-31-20-9-4-17(5-10-20)23(28)26-19-7-8-19/h4-6,9-11,13,16,19H,2-3,7-8,12,14-15H2,1H3,(H,26,28)/t16-/m1/s1. The molecule has 0 spiro atoms. The highest BCUT2D eigenvalue weighted by atomic mass is 19.1. The molecule has 7 heteroatoms. The van der Waals surface area contributed by atoms with E-state index in [4.69, 9.17) is 9.47 Å². The van der Waals surface area contributed by atoms with Crippen molar-refractivity contribution in [2.45, 2.75) is 31.7 Å². The molecule has 0 unspecified atom stereocenters. The van der Waals surface area contributed by atoms with Gasteiger partial charge in [-0.3, -0.25) is 9.59 Å². The zero-order valence-electron chi connectivity index (χ0n) is 17.6. The second-order valence-electron chi connectivity index (χ2n) is 8.19. The second kappa shape index (κ2) is 9.37. The molecule has 1 N–H and O–H groups in total. The summed E-state index contributed by atoms with van der Waals surface area (Å²) in [4.78, 5) is 26.6. The molecule has 31 heavy (non-hydrogen) atoms. The van der Waals surface area contributed by atoms with Crippen molar-refractivity contribution in [2.75, 3.05) is 26.8 Å². The molecule has 0 radical (unpaired) electrons. The molecule has 1 aliphatic heterocycles. The molecule has 4 rings (SSSR count). The molecule has 1 saturated heterocycles. The van der Waals surface area contributed by atoms with Crippen LogP contribution in [-0.2, 0) is 0 Å². The van der Waals surface area contributed by atoms with Gasteiger partial charge in [-0.15, -0.1) is 0 Å². The van der Waals surface area contributed by atoms with Crippen molar-refractivity contribution in [3.8, 4) is 11.5 Å². The Kier molecular flexibility index (Phi) is 6.39. The Morgan fingerprint density at radius 2 is 1.84 bits per heavy atom. The number of ether oxygens (including phenoxy) is 2. The Morgan fingerprint density at radius 1 is 1.10 bits per heavy atom. The number of rotatable bonds is 7. The topological polar surface area (TPSA) is 67.9 Å². The minimum atomic E-state index is -0.542. The number of piperidine rings is 1. The van der Waals surface area contributed by atoms with Crippen LogP contribution >= 0.6 is 0 Å². The van der Waals surface area contributed by atoms with Crippen molar-refractivity contribution in [1.82, 2.24) is 10.2 Å². The highest BCUT2D eigenvalue weighted by Gasteiger charge is 2.26. The fourth-order valence-corrected chi connectivity index (χ4v) is 3.78. The van der Waals surface area contributed by atoms with Crippen LogP contribution in [0.15, 0.2) is 42.5 Å². The molecule has 6 nitrogen and oxygen atoms in total. The first kappa shape index (κ1) is 21.2. The largest absolute Gasteiger partial charge is 0.494 e. The summed E-state index contributed by atoms with van der Waals surface area (Å²) in [6.45, 7) is 1.69. The average molecular weight is 426 g/mol. The van der Waals surface area contributed by atoms with Gasteiger partial charge in [0.2, 0.25) is 0 Å². The summed E-state index contributed by atoms with van der Waals surface area (Å²) in [5, 5.41) is 2.96. The third-order valence-electron chi connectivity index (χ3n) is 5.72. The van der Waals surface area contributed by atoms with Crippen LogP contribution in [0.25, 0.3) is 0 Å². The Hall–Kier alpha value is -3.09. The molecule has 2 fully saturated rings. The number of likely N-dealkylation sites (tertiary alicyclic amines) is 1. The Morgan fingerprint density at radius 3 is 2.52 bits per heavy atom. The Balaban J connectivity index is 1.30. The summed E-state index contributed by atoms with van der Waals surface area (Å²) in [6.07, 6.45) is 3.95. The van der Waals surface area contributed by atoms with Gasteiger partial charge in [0.05, 0.1) is 13.7 Å². The lowest BCUT2D eigenvalue weighted by Gasteiger charge is -2.32. The van der Waals surface area contributed by atoms with E-state index in [0.717, 1.165) is 25.7 Å². The predicted octanol–water partition coefficient (Wildman–Crippen LogP) is 3.66. The number of carbonyl (C=O) groups is 2. The lowest BCUT2D eigenvalue weighted by atomic mass is 9.98. The van der Waals surface area contributed by atoms with Gasteiger partial charge < -0.3 is 19.7 Å². The maximum absolute atomic E-state index is 14.0. The maximum Gasteiger partial charge on any atom is 0.253 e. The van der Waals surface area contributed by atoms with Gasteiger partial charge in [-0.25, -0.2) is 4.39 Å². The van der Waals surface area contributed by atoms with Gasteiger partial charge >= 0.3 is 0 Å². The van der Waals surface area contributed by atoms with Crippen LogP contribution in [0, 0.1) is 11.7 Å². The lowest BCUT2D eigenvalue weighted by molar-refractivity contribution is 0.0632. The number of halogens is 1. The first-order valence-corrected chi connectivity index (χ1v) is 10.7. The molecule has 1 heterocycles. The van der Waals surface area contributed by atoms with Gasteiger partial charge in [-0.2, -0.15) is 0 Å². The molecule has 1 saturated carbocycles. The summed E-state index contributed by atoms with van der Waals surface area (Å²) < 4.78 is 24.8. The zero-order chi connectivity index (χ0) is 21.8. The summed E-state index contributed by atoms with van der Waals surface area (Å²) in [7, 11) is 1.39. The SMILES string of the molecule is COc1ccc(C(=O)N2CCC[C@@H](COc3ccc(C(=O)NC4CC4)cc3)C2)cc1F. The minimum Gasteiger partial charge on any atom is -0.494 e. The number of carbonyl (C=O) groups excluding carboxylic acids is 2. The van der Waals surface area contributed by atoms with E-state index >= 15 is 0 Å². The molecule has 2 aromatic carbocycles. The fraction of sp³-hybridized carbons (Fsp3) is 0.417. The van der Waals surface area contributed by atoms with Crippen molar-refractivity contribution in [1.29, 1.82) is 0 Å². The average Bonchev–Trinajstić information content (AvgIpc) is 3.61. The van der Waals surface area contributed by atoms with Crippen LogP contribution in [0.2, 0.25) is 0 Å². The van der Waals surface area contributed by atoms with E-state index in [1.54, 1.807) is 35.2 Å². The number of hydrogen-bond acceptors (Lipinski definition) is 4. The third-order valence-corrected chi connectivity index (χ3v) is 5.72. The van der Waals surface area contributed by atoms with E-state index in [9.17, 15) is 14.0 Å². The fourth-order valence-electron chi connectivity index (χ4n) is 3.78. The predicted molar refractivity (Wildman–Crippen MR) is 114 cm³/mol. The maximum atomic E-state index is 14.0. The van der Waals surface area contributed by atoms with Crippen LogP contribution in [-0.4, -0.2) is 49.6 Å². The summed E-state index contributed by atoms with van der Waals surface area (Å²) in [5.41, 5.74) is 0.945. The molecule has 1 aliphatic carbocycles. The molecule has 0 bridgehead atoms. The molecule has 2 amide bonds. The highest BCUT2D eigenvalue weighted by molar-refractivity contribution is 5.95. The van der Waals surface area contributed by atoms with Gasteiger partial charge in [-0.1, -0.05) is 0 Å². The van der Waals surface area contributed by atoms with Crippen molar-refractivity contribution in [2.24, 2.45) is 5.92 Å². The monoisotopic (exact) mass is 426 g/mol. The number of benzene rings is 2. The van der Waals surface area contributed by atoms with E-state index in [0.29, 0.717) is 42.6 Å². The number of methoxy groups -OCH3 is 1. The quantitative estimate of drug-likeness (QED) is 0.734. The van der Waals surface area contributed by atoms with E-state index in [2.05, 4.69) is 5.32 Å². The van der Waals surface area contributed by atoms with Gasteiger partial charge in [-0.05, 0) is 68.1 Å².